The van der Waals surface area contributed by atoms with E-state index in [0.29, 0.717) is 32.8 Å². The molecule has 0 aromatic heterocycles. The largest absolute Gasteiger partial charge is 0.375 e. The molecule has 0 radical (unpaired) electrons. The van der Waals surface area contributed by atoms with Gasteiger partial charge in [-0.3, -0.25) is 9.59 Å². The molecule has 0 bridgehead atoms. The molecule has 25 heavy (non-hydrogen) atoms. The van der Waals surface area contributed by atoms with Crippen molar-refractivity contribution < 1.29 is 14.3 Å². The van der Waals surface area contributed by atoms with E-state index < -0.39 is 0 Å². The Kier molecular flexibility index (Phi) is 6.08. The molecule has 1 aromatic rings. The molecule has 0 aliphatic carbocycles. The average Bonchev–Trinajstić information content (AvgIpc) is 2.67. The fourth-order valence-corrected chi connectivity index (χ4v) is 3.77. The number of hydrogen-bond acceptors (Lipinski definition) is 3. The molecule has 0 N–H and O–H groups in total. The predicted molar refractivity (Wildman–Crippen MR) is 96.1 cm³/mol. The monoisotopic (exact) mass is 344 g/mol. The second kappa shape index (κ2) is 8.48. The Morgan fingerprint density at radius 1 is 1.08 bits per heavy atom. The number of likely N-dealkylation sites (tertiary alicyclic amines) is 1. The lowest BCUT2D eigenvalue weighted by atomic mass is 9.94. The molecule has 2 aliphatic rings. The number of ether oxygens (including phenoxy) is 1. The van der Waals surface area contributed by atoms with Crippen molar-refractivity contribution in [2.75, 3.05) is 32.8 Å². The van der Waals surface area contributed by atoms with Gasteiger partial charge in [0.05, 0.1) is 12.7 Å². The average molecular weight is 344 g/mol. The van der Waals surface area contributed by atoms with Gasteiger partial charge >= 0.3 is 0 Å². The van der Waals surface area contributed by atoms with Gasteiger partial charge in [0.1, 0.15) is 0 Å². The Morgan fingerprint density at radius 2 is 1.80 bits per heavy atom. The molecule has 2 amide bonds. The van der Waals surface area contributed by atoms with Crippen LogP contribution in [0.15, 0.2) is 30.3 Å². The molecule has 5 nitrogen and oxygen atoms in total. The minimum Gasteiger partial charge on any atom is -0.375 e. The van der Waals surface area contributed by atoms with E-state index >= 15 is 0 Å². The summed E-state index contributed by atoms with van der Waals surface area (Å²) in [6.07, 6.45) is 3.60. The number of aryl methyl sites for hydroxylation is 1. The summed E-state index contributed by atoms with van der Waals surface area (Å²) in [5.41, 5.74) is 1.31. The predicted octanol–water partition coefficient (Wildman–Crippen LogP) is 2.11. The number of nitrogens with zero attached hydrogens (tertiary/aromatic N) is 2. The third kappa shape index (κ3) is 4.82. The topological polar surface area (TPSA) is 49.9 Å². The van der Waals surface area contributed by atoms with E-state index in [4.69, 9.17) is 4.74 Å². The highest BCUT2D eigenvalue weighted by Crippen LogP contribution is 2.22. The van der Waals surface area contributed by atoms with Crippen LogP contribution in [0.5, 0.6) is 0 Å². The molecule has 2 heterocycles. The van der Waals surface area contributed by atoms with Gasteiger partial charge in [0.15, 0.2) is 0 Å². The van der Waals surface area contributed by atoms with Crippen LogP contribution in [0.3, 0.4) is 0 Å². The van der Waals surface area contributed by atoms with Gasteiger partial charge in [-0.2, -0.15) is 0 Å². The van der Waals surface area contributed by atoms with Crippen LogP contribution in [0.25, 0.3) is 0 Å². The third-order valence-electron chi connectivity index (χ3n) is 5.34. The summed E-state index contributed by atoms with van der Waals surface area (Å²) < 4.78 is 5.87. The Morgan fingerprint density at radius 3 is 2.48 bits per heavy atom. The molecular weight excluding hydrogens is 316 g/mol. The van der Waals surface area contributed by atoms with Gasteiger partial charge in [0.25, 0.3) is 0 Å². The number of morpholine rings is 1. The molecule has 136 valence electrons. The zero-order chi connectivity index (χ0) is 17.6. The van der Waals surface area contributed by atoms with Crippen LogP contribution in [0.1, 0.15) is 31.7 Å². The molecule has 1 aromatic carbocycles. The third-order valence-corrected chi connectivity index (χ3v) is 5.34. The summed E-state index contributed by atoms with van der Waals surface area (Å²) in [5.74, 6) is 0.415. The number of benzene rings is 1. The maximum atomic E-state index is 12.8. The first kappa shape index (κ1) is 17.9. The maximum Gasteiger partial charge on any atom is 0.225 e. The second-order valence-electron chi connectivity index (χ2n) is 7.08. The summed E-state index contributed by atoms with van der Waals surface area (Å²) >= 11 is 0. The molecule has 2 fully saturated rings. The van der Waals surface area contributed by atoms with Gasteiger partial charge in [-0.05, 0) is 31.2 Å². The SMILES string of the molecule is CC(=O)N1CCC(C(=O)N2CCOC(CCc3ccccc3)C2)CC1. The van der Waals surface area contributed by atoms with Gasteiger partial charge in [-0.15, -0.1) is 0 Å². The van der Waals surface area contributed by atoms with E-state index in [2.05, 4.69) is 24.3 Å². The van der Waals surface area contributed by atoms with Crippen LogP contribution >= 0.6 is 0 Å². The van der Waals surface area contributed by atoms with Crippen molar-refractivity contribution in [3.63, 3.8) is 0 Å². The first-order chi connectivity index (χ1) is 12.1. The molecular formula is C20H28N2O3. The standard InChI is InChI=1S/C20H28N2O3/c1-16(23)21-11-9-18(10-12-21)20(24)22-13-14-25-19(15-22)8-7-17-5-3-2-4-6-17/h2-6,18-19H,7-15H2,1H3. The lowest BCUT2D eigenvalue weighted by Gasteiger charge is -2.37. The quantitative estimate of drug-likeness (QED) is 0.840. The van der Waals surface area contributed by atoms with E-state index in [1.165, 1.54) is 5.56 Å². The van der Waals surface area contributed by atoms with E-state index in [0.717, 1.165) is 25.7 Å². The van der Waals surface area contributed by atoms with Crippen LogP contribution in [0, 0.1) is 5.92 Å². The highest BCUT2D eigenvalue weighted by atomic mass is 16.5. The van der Waals surface area contributed by atoms with E-state index in [1.807, 2.05) is 15.9 Å². The van der Waals surface area contributed by atoms with Crippen molar-refractivity contribution in [2.24, 2.45) is 5.92 Å². The van der Waals surface area contributed by atoms with E-state index in [1.54, 1.807) is 6.92 Å². The molecule has 5 heteroatoms. The molecule has 1 unspecified atom stereocenters. The Labute approximate surface area is 149 Å². The molecule has 1 atom stereocenters. The molecule has 2 saturated heterocycles. The molecule has 0 spiro atoms. The Hall–Kier alpha value is -1.88. The first-order valence-corrected chi connectivity index (χ1v) is 9.33. The fourth-order valence-electron chi connectivity index (χ4n) is 3.77. The van der Waals surface area contributed by atoms with Crippen LogP contribution in [-0.4, -0.2) is 60.5 Å². The minimum absolute atomic E-state index is 0.0588. The summed E-state index contributed by atoms with van der Waals surface area (Å²) in [4.78, 5) is 28.1. The van der Waals surface area contributed by atoms with Crippen LogP contribution in [0.2, 0.25) is 0 Å². The van der Waals surface area contributed by atoms with Gasteiger partial charge in [-0.25, -0.2) is 0 Å². The summed E-state index contributed by atoms with van der Waals surface area (Å²) in [5, 5.41) is 0. The lowest BCUT2D eigenvalue weighted by molar-refractivity contribution is -0.146. The Bertz CT molecular complexity index is 582. The van der Waals surface area contributed by atoms with E-state index in [-0.39, 0.29) is 23.8 Å². The van der Waals surface area contributed by atoms with Crippen molar-refractivity contribution in [1.82, 2.24) is 9.80 Å². The van der Waals surface area contributed by atoms with Crippen LogP contribution in [0.4, 0.5) is 0 Å². The van der Waals surface area contributed by atoms with Gasteiger partial charge in [0.2, 0.25) is 11.8 Å². The van der Waals surface area contributed by atoms with Crippen LogP contribution in [-0.2, 0) is 20.7 Å². The van der Waals surface area contributed by atoms with Gasteiger partial charge in [-0.1, -0.05) is 30.3 Å². The van der Waals surface area contributed by atoms with Crippen molar-refractivity contribution in [2.45, 2.75) is 38.7 Å². The summed E-state index contributed by atoms with van der Waals surface area (Å²) in [6.45, 7) is 5.01. The Balaban J connectivity index is 1.47. The van der Waals surface area contributed by atoms with Crippen LogP contribution < -0.4 is 0 Å². The number of piperidine rings is 1. The second-order valence-corrected chi connectivity index (χ2v) is 7.08. The number of hydrogen-bond donors (Lipinski definition) is 0. The summed E-state index contributed by atoms with van der Waals surface area (Å²) in [7, 11) is 0. The van der Waals surface area contributed by atoms with E-state index in [9.17, 15) is 9.59 Å². The van der Waals surface area contributed by atoms with Gasteiger partial charge in [0, 0.05) is 39.0 Å². The van der Waals surface area contributed by atoms with Crippen molar-refractivity contribution in [3.05, 3.63) is 35.9 Å². The number of amides is 2. The fraction of sp³-hybridized carbons (Fsp3) is 0.600. The smallest absolute Gasteiger partial charge is 0.225 e. The normalized spacial score (nSPS) is 22.0. The van der Waals surface area contributed by atoms with Crippen molar-refractivity contribution in [3.8, 4) is 0 Å². The number of carbonyl (C=O) groups excluding carboxylic acids is 2. The zero-order valence-corrected chi connectivity index (χ0v) is 15.0. The van der Waals surface area contributed by atoms with Crippen molar-refractivity contribution in [1.29, 1.82) is 0 Å². The maximum absolute atomic E-state index is 12.8. The first-order valence-electron chi connectivity index (χ1n) is 9.33. The minimum atomic E-state index is 0.0588. The van der Waals surface area contributed by atoms with Crippen molar-refractivity contribution >= 4 is 11.8 Å². The molecule has 3 rings (SSSR count). The zero-order valence-electron chi connectivity index (χ0n) is 15.0. The lowest BCUT2D eigenvalue weighted by Crippen LogP contribution is -2.50. The number of carbonyl (C=O) groups is 2. The molecule has 2 aliphatic heterocycles. The highest BCUT2D eigenvalue weighted by Gasteiger charge is 2.32. The number of rotatable bonds is 4. The summed E-state index contributed by atoms with van der Waals surface area (Å²) in [6, 6.07) is 10.4. The van der Waals surface area contributed by atoms with Gasteiger partial charge < -0.3 is 14.5 Å². The highest BCUT2D eigenvalue weighted by molar-refractivity contribution is 5.80. The molecule has 0 saturated carbocycles.